The number of pyridine rings is 1. The zero-order valence-electron chi connectivity index (χ0n) is 10.3. The fourth-order valence-corrected chi connectivity index (χ4v) is 4.02. The minimum atomic E-state index is -2.86. The summed E-state index contributed by atoms with van der Waals surface area (Å²) < 4.78 is 24.6. The van der Waals surface area contributed by atoms with E-state index < -0.39 is 9.84 Å². The first-order chi connectivity index (χ1) is 9.09. The van der Waals surface area contributed by atoms with Crippen molar-refractivity contribution in [2.24, 2.45) is 0 Å². The maximum absolute atomic E-state index is 11.4. The average Bonchev–Trinajstić information content (AvgIpc) is 2.82. The summed E-state index contributed by atoms with van der Waals surface area (Å²) in [6.07, 6.45) is 3.87. The van der Waals surface area contributed by atoms with Crippen LogP contribution in [-0.2, 0) is 9.84 Å². The molecule has 2 aromatic heterocycles. The molecule has 19 heavy (non-hydrogen) atoms. The van der Waals surface area contributed by atoms with Crippen LogP contribution in [0, 0.1) is 0 Å². The van der Waals surface area contributed by atoms with Gasteiger partial charge in [-0.1, -0.05) is 6.07 Å². The molecule has 0 spiro atoms. The molecule has 0 N–H and O–H groups in total. The summed E-state index contributed by atoms with van der Waals surface area (Å²) in [5.74, 6) is 0.626. The van der Waals surface area contributed by atoms with Gasteiger partial charge in [0.1, 0.15) is 15.5 Å². The number of imidazole rings is 1. The van der Waals surface area contributed by atoms with Gasteiger partial charge in [-0.3, -0.25) is 9.20 Å². The lowest BCUT2D eigenvalue weighted by molar-refractivity contribution is 0.111. The molecule has 0 aliphatic carbocycles. The van der Waals surface area contributed by atoms with Gasteiger partial charge in [0.05, 0.1) is 22.9 Å². The van der Waals surface area contributed by atoms with Gasteiger partial charge in [-0.05, 0) is 25.0 Å². The monoisotopic (exact) mass is 278 g/mol. The van der Waals surface area contributed by atoms with Crippen molar-refractivity contribution in [3.05, 3.63) is 35.8 Å². The van der Waals surface area contributed by atoms with Crippen LogP contribution in [0.25, 0.3) is 5.65 Å². The Bertz CT molecular complexity index is 719. The first-order valence-electron chi connectivity index (χ1n) is 6.23. The Labute approximate surface area is 111 Å². The Morgan fingerprint density at radius 1 is 1.26 bits per heavy atom. The summed E-state index contributed by atoms with van der Waals surface area (Å²) >= 11 is 0. The molecule has 1 saturated heterocycles. The molecule has 3 heterocycles. The van der Waals surface area contributed by atoms with Crippen LogP contribution < -0.4 is 0 Å². The molecular weight excluding hydrogens is 264 g/mol. The van der Waals surface area contributed by atoms with E-state index in [0.29, 0.717) is 18.5 Å². The molecule has 0 atom stereocenters. The lowest BCUT2D eigenvalue weighted by Gasteiger charge is -2.19. The van der Waals surface area contributed by atoms with Gasteiger partial charge in [0.2, 0.25) is 0 Å². The van der Waals surface area contributed by atoms with Crippen molar-refractivity contribution in [2.45, 2.75) is 18.8 Å². The smallest absolute Gasteiger partial charge is 0.166 e. The maximum atomic E-state index is 11.4. The van der Waals surface area contributed by atoms with E-state index in [2.05, 4.69) is 4.98 Å². The number of carbonyl (C=O) groups excluding carboxylic acids is 1. The first-order valence-corrected chi connectivity index (χ1v) is 8.05. The fraction of sp³-hybridized carbons (Fsp3) is 0.385. The van der Waals surface area contributed by atoms with Gasteiger partial charge < -0.3 is 0 Å². The number of hydrogen-bond donors (Lipinski definition) is 0. The predicted molar refractivity (Wildman–Crippen MR) is 71.2 cm³/mol. The van der Waals surface area contributed by atoms with Gasteiger partial charge in [0, 0.05) is 12.1 Å². The second kappa shape index (κ2) is 4.45. The van der Waals surface area contributed by atoms with Crippen LogP contribution in [0.2, 0.25) is 0 Å². The summed E-state index contributed by atoms with van der Waals surface area (Å²) in [5, 5.41) is 0. The lowest BCUT2D eigenvalue weighted by atomic mass is 10.00. The normalized spacial score (nSPS) is 19.6. The highest BCUT2D eigenvalue weighted by Crippen LogP contribution is 2.28. The minimum Gasteiger partial charge on any atom is -0.297 e. The number of fused-ring (bicyclic) bond motifs is 1. The lowest BCUT2D eigenvalue weighted by Crippen LogP contribution is -2.22. The van der Waals surface area contributed by atoms with E-state index in [9.17, 15) is 13.2 Å². The van der Waals surface area contributed by atoms with Crippen LogP contribution in [-0.4, -0.2) is 35.6 Å². The van der Waals surface area contributed by atoms with Gasteiger partial charge >= 0.3 is 0 Å². The quantitative estimate of drug-likeness (QED) is 0.779. The number of sulfone groups is 1. The molecule has 5 nitrogen and oxygen atoms in total. The third-order valence-corrected chi connectivity index (χ3v) is 5.35. The van der Waals surface area contributed by atoms with Crippen LogP contribution >= 0.6 is 0 Å². The van der Waals surface area contributed by atoms with Crippen molar-refractivity contribution >= 4 is 21.8 Å². The Balaban J connectivity index is 1.96. The van der Waals surface area contributed by atoms with Gasteiger partial charge in [-0.25, -0.2) is 13.4 Å². The Morgan fingerprint density at radius 3 is 2.68 bits per heavy atom. The van der Waals surface area contributed by atoms with Gasteiger partial charge in [-0.15, -0.1) is 0 Å². The fourth-order valence-electron chi connectivity index (χ4n) is 2.53. The maximum Gasteiger partial charge on any atom is 0.166 e. The van der Waals surface area contributed by atoms with Crippen LogP contribution in [0.15, 0.2) is 24.4 Å². The number of hydrogen-bond acceptors (Lipinski definition) is 4. The third-order valence-electron chi connectivity index (χ3n) is 3.64. The number of aldehydes is 1. The summed E-state index contributed by atoms with van der Waals surface area (Å²) in [6.45, 7) is 0. The molecule has 0 saturated carbocycles. The van der Waals surface area contributed by atoms with Crippen molar-refractivity contribution < 1.29 is 13.2 Å². The van der Waals surface area contributed by atoms with Crippen LogP contribution in [0.5, 0.6) is 0 Å². The number of aromatic nitrogens is 2. The van der Waals surface area contributed by atoms with Gasteiger partial charge in [0.25, 0.3) is 0 Å². The van der Waals surface area contributed by atoms with Crippen LogP contribution in [0.3, 0.4) is 0 Å². The highest BCUT2D eigenvalue weighted by molar-refractivity contribution is 7.91. The van der Waals surface area contributed by atoms with E-state index in [0.717, 1.165) is 17.6 Å². The van der Waals surface area contributed by atoms with E-state index in [1.165, 1.54) is 0 Å². The summed E-state index contributed by atoms with van der Waals surface area (Å²) in [6, 6.07) is 5.37. The summed E-state index contributed by atoms with van der Waals surface area (Å²) in [5.41, 5.74) is 2.16. The third kappa shape index (κ3) is 2.28. The number of carbonyl (C=O) groups is 1. The van der Waals surface area contributed by atoms with Crippen LogP contribution in [0.4, 0.5) is 0 Å². The SMILES string of the molecule is O=Cc1cccc2nc(C3CCS(=O)(=O)CC3)cn12. The molecule has 0 unspecified atom stereocenters. The van der Waals surface area contributed by atoms with Crippen LogP contribution in [0.1, 0.15) is 34.9 Å². The van der Waals surface area contributed by atoms with E-state index >= 15 is 0 Å². The summed E-state index contributed by atoms with van der Waals surface area (Å²) in [4.78, 5) is 15.5. The van der Waals surface area contributed by atoms with Crippen molar-refractivity contribution in [1.29, 1.82) is 0 Å². The van der Waals surface area contributed by atoms with Crippen molar-refractivity contribution in [2.75, 3.05) is 11.5 Å². The topological polar surface area (TPSA) is 68.5 Å². The zero-order valence-corrected chi connectivity index (χ0v) is 11.1. The molecular formula is C13H14N2O3S. The second-order valence-corrected chi connectivity index (χ2v) is 7.19. The molecule has 3 rings (SSSR count). The van der Waals surface area contributed by atoms with E-state index in [1.807, 2.05) is 12.3 Å². The minimum absolute atomic E-state index is 0.169. The number of nitrogens with zero attached hydrogens (tertiary/aromatic N) is 2. The molecule has 1 fully saturated rings. The molecule has 100 valence electrons. The second-order valence-electron chi connectivity index (χ2n) is 4.89. The molecule has 2 aromatic rings. The van der Waals surface area contributed by atoms with E-state index in [-0.39, 0.29) is 17.4 Å². The van der Waals surface area contributed by atoms with Gasteiger partial charge in [0.15, 0.2) is 6.29 Å². The Kier molecular flexibility index (Phi) is 2.89. The van der Waals surface area contributed by atoms with E-state index in [4.69, 9.17) is 0 Å². The van der Waals surface area contributed by atoms with E-state index in [1.54, 1.807) is 16.5 Å². The predicted octanol–water partition coefficient (Wildman–Crippen LogP) is 1.44. The first kappa shape index (κ1) is 12.3. The zero-order chi connectivity index (χ0) is 13.5. The largest absolute Gasteiger partial charge is 0.297 e. The molecule has 0 amide bonds. The van der Waals surface area contributed by atoms with Crippen molar-refractivity contribution in [3.8, 4) is 0 Å². The molecule has 0 aromatic carbocycles. The highest BCUT2D eigenvalue weighted by Gasteiger charge is 2.26. The molecule has 1 aliphatic heterocycles. The molecule has 0 bridgehead atoms. The Hall–Kier alpha value is -1.69. The van der Waals surface area contributed by atoms with Crippen molar-refractivity contribution in [3.63, 3.8) is 0 Å². The molecule has 6 heteroatoms. The Morgan fingerprint density at radius 2 is 2.00 bits per heavy atom. The molecule has 0 radical (unpaired) electrons. The molecule has 1 aliphatic rings. The summed E-state index contributed by atoms with van der Waals surface area (Å²) in [7, 11) is -2.86. The average molecular weight is 278 g/mol. The highest BCUT2D eigenvalue weighted by atomic mass is 32.2. The standard InChI is InChI=1S/C13H14N2O3S/c16-9-11-2-1-3-13-14-12(8-15(11)13)10-4-6-19(17,18)7-5-10/h1-3,8-10H,4-7H2. The van der Waals surface area contributed by atoms with Crippen molar-refractivity contribution in [1.82, 2.24) is 9.38 Å². The number of rotatable bonds is 2. The van der Waals surface area contributed by atoms with Gasteiger partial charge in [-0.2, -0.15) is 0 Å².